The van der Waals surface area contributed by atoms with Crippen molar-refractivity contribution in [3.63, 3.8) is 0 Å². The normalized spacial score (nSPS) is 12.1. The Morgan fingerprint density at radius 2 is 1.88 bits per heavy atom. The maximum absolute atomic E-state index is 12.9. The first-order valence-electron chi connectivity index (χ1n) is 8.45. The van der Waals surface area contributed by atoms with E-state index < -0.39 is 0 Å². The van der Waals surface area contributed by atoms with E-state index in [-0.39, 0.29) is 17.0 Å². The van der Waals surface area contributed by atoms with Gasteiger partial charge < -0.3 is 5.32 Å². The molecule has 1 aromatic heterocycles. The predicted octanol–water partition coefficient (Wildman–Crippen LogP) is 3.92. The monoisotopic (exact) mass is 369 g/mol. The lowest BCUT2D eigenvalue weighted by Gasteiger charge is -2.13. The predicted molar refractivity (Wildman–Crippen MR) is 103 cm³/mol. The second kappa shape index (κ2) is 8.27. The van der Waals surface area contributed by atoms with Gasteiger partial charge in [-0.05, 0) is 44.0 Å². The number of nitrogens with one attached hydrogen (secondary N) is 1. The first kappa shape index (κ1) is 18.3. The minimum atomic E-state index is -0.277. The fourth-order valence-corrected chi connectivity index (χ4v) is 3.60. The fraction of sp³-hybridized carbons (Fsp3) is 0.250. The topological polar surface area (TPSA) is 54.9 Å². The summed E-state index contributed by atoms with van der Waals surface area (Å²) >= 11 is 1.43. The molecule has 4 nitrogen and oxygen atoms in total. The third kappa shape index (κ3) is 4.58. The molecule has 0 spiro atoms. The Balaban J connectivity index is 1.60. The van der Waals surface area contributed by atoms with Crippen LogP contribution in [0.5, 0.6) is 0 Å². The van der Waals surface area contributed by atoms with Crippen LogP contribution in [0.4, 0.5) is 4.39 Å². The maximum Gasteiger partial charge on any atom is 0.233 e. The lowest BCUT2D eigenvalue weighted by molar-refractivity contribution is -0.120. The molecule has 0 aliphatic heterocycles. The lowest BCUT2D eigenvalue weighted by atomic mass is 10.1. The average molecular weight is 369 g/mol. The number of amides is 1. The van der Waals surface area contributed by atoms with E-state index in [1.807, 2.05) is 38.1 Å². The second-order valence-corrected chi connectivity index (χ2v) is 7.35. The highest BCUT2D eigenvalue weighted by atomic mass is 32.2. The van der Waals surface area contributed by atoms with Gasteiger partial charge in [0.25, 0.3) is 0 Å². The molecular weight excluding hydrogens is 349 g/mol. The number of hydrogen-bond acceptors (Lipinski definition) is 4. The van der Waals surface area contributed by atoms with Crippen LogP contribution in [0.25, 0.3) is 10.9 Å². The SMILES string of the molecule is Cc1nc(S[C@@H](C)C(=O)NCCc2ccc(F)cc2)c2ccccc2n1. The zero-order chi connectivity index (χ0) is 18.5. The second-order valence-electron chi connectivity index (χ2n) is 6.02. The fourth-order valence-electron chi connectivity index (χ4n) is 2.59. The van der Waals surface area contributed by atoms with E-state index in [2.05, 4.69) is 15.3 Å². The zero-order valence-electron chi connectivity index (χ0n) is 14.7. The lowest BCUT2D eigenvalue weighted by Crippen LogP contribution is -2.32. The quantitative estimate of drug-likeness (QED) is 0.529. The molecule has 0 bridgehead atoms. The summed E-state index contributed by atoms with van der Waals surface area (Å²) in [4.78, 5) is 21.3. The summed E-state index contributed by atoms with van der Waals surface area (Å²) in [7, 11) is 0. The number of rotatable bonds is 6. The summed E-state index contributed by atoms with van der Waals surface area (Å²) in [5, 5.41) is 4.42. The molecule has 6 heteroatoms. The van der Waals surface area contributed by atoms with E-state index >= 15 is 0 Å². The number of hydrogen-bond donors (Lipinski definition) is 1. The van der Waals surface area contributed by atoms with Crippen LogP contribution in [-0.2, 0) is 11.2 Å². The van der Waals surface area contributed by atoms with Gasteiger partial charge in [-0.3, -0.25) is 4.79 Å². The number of carbonyl (C=O) groups excluding carboxylic acids is 1. The third-order valence-electron chi connectivity index (χ3n) is 3.96. The van der Waals surface area contributed by atoms with Gasteiger partial charge in [-0.25, -0.2) is 14.4 Å². The Hall–Kier alpha value is -2.47. The first-order chi connectivity index (χ1) is 12.5. The standard InChI is InChI=1S/C20H20FN3OS/c1-13(19(25)22-12-11-15-7-9-16(21)10-8-15)26-20-17-5-3-4-6-18(17)23-14(2)24-20/h3-10,13H,11-12H2,1-2H3,(H,22,25)/t13-/m0/s1. The smallest absolute Gasteiger partial charge is 0.233 e. The van der Waals surface area contributed by atoms with Crippen molar-refractivity contribution in [1.29, 1.82) is 0 Å². The van der Waals surface area contributed by atoms with E-state index in [0.29, 0.717) is 18.8 Å². The van der Waals surface area contributed by atoms with E-state index in [1.54, 1.807) is 12.1 Å². The highest BCUT2D eigenvalue weighted by Gasteiger charge is 2.17. The Bertz CT molecular complexity index is 915. The molecule has 3 aromatic rings. The molecule has 0 unspecified atom stereocenters. The van der Waals surface area contributed by atoms with Gasteiger partial charge in [0.05, 0.1) is 10.8 Å². The number of aromatic nitrogens is 2. The molecule has 1 N–H and O–H groups in total. The van der Waals surface area contributed by atoms with Crippen molar-refractivity contribution in [2.24, 2.45) is 0 Å². The number of carbonyl (C=O) groups is 1. The van der Waals surface area contributed by atoms with Gasteiger partial charge in [0.1, 0.15) is 16.7 Å². The number of thioether (sulfide) groups is 1. The summed E-state index contributed by atoms with van der Waals surface area (Å²) in [6, 6.07) is 14.1. The van der Waals surface area contributed by atoms with Crippen molar-refractivity contribution in [2.45, 2.75) is 30.5 Å². The van der Waals surface area contributed by atoms with Crippen LogP contribution in [0.2, 0.25) is 0 Å². The summed E-state index contributed by atoms with van der Waals surface area (Å²) in [5.41, 5.74) is 1.87. The molecule has 1 atom stereocenters. The summed E-state index contributed by atoms with van der Waals surface area (Å²) < 4.78 is 12.9. The highest BCUT2D eigenvalue weighted by molar-refractivity contribution is 8.00. The van der Waals surface area contributed by atoms with Crippen LogP contribution < -0.4 is 5.32 Å². The van der Waals surface area contributed by atoms with Crippen molar-refractivity contribution in [2.75, 3.05) is 6.54 Å². The number of halogens is 1. The summed E-state index contributed by atoms with van der Waals surface area (Å²) in [6.45, 7) is 4.23. The molecule has 0 saturated heterocycles. The molecule has 26 heavy (non-hydrogen) atoms. The Morgan fingerprint density at radius 3 is 2.65 bits per heavy atom. The van der Waals surface area contributed by atoms with Crippen molar-refractivity contribution >= 4 is 28.6 Å². The van der Waals surface area contributed by atoms with E-state index in [4.69, 9.17) is 0 Å². The van der Waals surface area contributed by atoms with Crippen molar-refractivity contribution < 1.29 is 9.18 Å². The molecule has 1 heterocycles. The number of fused-ring (bicyclic) bond motifs is 1. The number of benzene rings is 2. The third-order valence-corrected chi connectivity index (χ3v) is 5.07. The Morgan fingerprint density at radius 1 is 1.15 bits per heavy atom. The molecule has 2 aromatic carbocycles. The van der Waals surface area contributed by atoms with Gasteiger partial charge in [0.15, 0.2) is 0 Å². The first-order valence-corrected chi connectivity index (χ1v) is 9.33. The largest absolute Gasteiger partial charge is 0.355 e. The minimum absolute atomic E-state index is 0.0440. The Labute approximate surface area is 156 Å². The van der Waals surface area contributed by atoms with Crippen LogP contribution in [0.1, 0.15) is 18.3 Å². The van der Waals surface area contributed by atoms with Gasteiger partial charge >= 0.3 is 0 Å². The van der Waals surface area contributed by atoms with Crippen LogP contribution in [0.15, 0.2) is 53.6 Å². The zero-order valence-corrected chi connectivity index (χ0v) is 15.5. The summed E-state index contributed by atoms with van der Waals surface area (Å²) in [5.74, 6) is 0.391. The van der Waals surface area contributed by atoms with Gasteiger partial charge in [0.2, 0.25) is 5.91 Å². The van der Waals surface area contributed by atoms with Crippen molar-refractivity contribution in [1.82, 2.24) is 15.3 Å². The molecule has 1 amide bonds. The van der Waals surface area contributed by atoms with E-state index in [1.165, 1.54) is 23.9 Å². The van der Waals surface area contributed by atoms with Crippen molar-refractivity contribution in [3.05, 3.63) is 65.7 Å². The molecule has 134 valence electrons. The average Bonchev–Trinajstić information content (AvgIpc) is 2.63. The van der Waals surface area contributed by atoms with Crippen LogP contribution >= 0.6 is 11.8 Å². The number of para-hydroxylation sites is 1. The molecule has 0 saturated carbocycles. The van der Waals surface area contributed by atoms with Gasteiger partial charge in [-0.15, -0.1) is 0 Å². The van der Waals surface area contributed by atoms with Crippen LogP contribution in [-0.4, -0.2) is 27.7 Å². The number of aryl methyl sites for hydroxylation is 1. The van der Waals surface area contributed by atoms with E-state index in [9.17, 15) is 9.18 Å². The maximum atomic E-state index is 12.9. The van der Waals surface area contributed by atoms with Gasteiger partial charge in [-0.1, -0.05) is 42.1 Å². The molecule has 0 aliphatic carbocycles. The van der Waals surface area contributed by atoms with E-state index in [0.717, 1.165) is 21.5 Å². The highest BCUT2D eigenvalue weighted by Crippen LogP contribution is 2.28. The molecular formula is C20H20FN3OS. The Kier molecular flexibility index (Phi) is 5.83. The summed E-state index contributed by atoms with van der Waals surface area (Å²) in [6.07, 6.45) is 0.666. The number of nitrogens with zero attached hydrogens (tertiary/aromatic N) is 2. The molecule has 3 rings (SSSR count). The van der Waals surface area contributed by atoms with Crippen LogP contribution in [0, 0.1) is 12.7 Å². The molecule has 0 radical (unpaired) electrons. The van der Waals surface area contributed by atoms with Crippen molar-refractivity contribution in [3.8, 4) is 0 Å². The van der Waals surface area contributed by atoms with Gasteiger partial charge in [-0.2, -0.15) is 0 Å². The molecule has 0 fully saturated rings. The van der Waals surface area contributed by atoms with Gasteiger partial charge in [0, 0.05) is 11.9 Å². The molecule has 0 aliphatic rings. The minimum Gasteiger partial charge on any atom is -0.355 e. The van der Waals surface area contributed by atoms with Crippen LogP contribution in [0.3, 0.4) is 0 Å².